The highest BCUT2D eigenvalue weighted by Crippen LogP contribution is 2.40. The second-order valence-electron chi connectivity index (χ2n) is 5.69. The molecule has 2 aliphatic heterocycles. The Morgan fingerprint density at radius 2 is 2.06 bits per heavy atom. The zero-order chi connectivity index (χ0) is 23.5. The summed E-state index contributed by atoms with van der Waals surface area (Å²) in [5.41, 5.74) is 5.49. The minimum Gasteiger partial charge on any atom is -0.726 e. The molecule has 2 atom stereocenters. The molecule has 2 aliphatic rings. The number of thiazole rings is 1. The Labute approximate surface area is 188 Å². The Hall–Kier alpha value is -3.03. The van der Waals surface area contributed by atoms with Crippen molar-refractivity contribution in [1.82, 2.24) is 21.4 Å². The molecule has 0 aromatic carbocycles. The average Bonchev–Trinajstić information content (AvgIpc) is 3.09. The Morgan fingerprint density at radius 1 is 1.47 bits per heavy atom. The van der Waals surface area contributed by atoms with Crippen molar-refractivity contribution in [1.29, 1.82) is 0 Å². The van der Waals surface area contributed by atoms with Gasteiger partial charge in [-0.15, -0.1) is 23.1 Å². The lowest BCUT2D eigenvalue weighted by atomic mass is 10.0. The summed E-state index contributed by atoms with van der Waals surface area (Å²) in [6, 6.07) is -0.944. The molecule has 32 heavy (non-hydrogen) atoms. The maximum absolute atomic E-state index is 12.4. The fourth-order valence-corrected chi connectivity index (χ4v) is 4.51. The number of hydrogen-bond donors (Lipinski definition) is 6. The van der Waals surface area contributed by atoms with Crippen molar-refractivity contribution in [3.8, 4) is 0 Å². The van der Waals surface area contributed by atoms with E-state index in [0.29, 0.717) is 11.3 Å². The van der Waals surface area contributed by atoms with E-state index < -0.39 is 39.6 Å². The number of carbonyl (C=O) groups is 3. The van der Waals surface area contributed by atoms with Crippen molar-refractivity contribution in [2.24, 2.45) is 5.16 Å². The zero-order valence-corrected chi connectivity index (χ0v) is 18.6. The predicted octanol–water partition coefficient (Wildman–Crippen LogP) is -0.791. The summed E-state index contributed by atoms with van der Waals surface area (Å²) in [5, 5.41) is 24.9. The Bertz CT molecular complexity index is 1090. The lowest BCUT2D eigenvalue weighted by Crippen LogP contribution is -2.71. The number of β-lactam (4-membered cyclic amide) rings is 1. The number of carboxylic acid groups (broad SMARTS) is 1. The van der Waals surface area contributed by atoms with Gasteiger partial charge in [0.15, 0.2) is 10.8 Å². The molecule has 10 N–H and O–H groups in total. The average molecular weight is 511 g/mol. The van der Waals surface area contributed by atoms with Gasteiger partial charge in [0.05, 0.1) is 0 Å². The number of aliphatic carboxylic acids is 1. The molecular formula is C14H18N6O9S3. The summed E-state index contributed by atoms with van der Waals surface area (Å²) in [4.78, 5) is 41.2. The highest BCUT2D eigenvalue weighted by atomic mass is 32.3. The summed E-state index contributed by atoms with van der Waals surface area (Å²) in [5.74, 6) is -2.27. The third-order valence-electron chi connectivity index (χ3n) is 3.81. The van der Waals surface area contributed by atoms with Gasteiger partial charge < -0.3 is 32.1 Å². The number of aromatic nitrogens is 1. The number of rotatable bonds is 5. The summed E-state index contributed by atoms with van der Waals surface area (Å²) >= 11 is 2.37. The molecule has 3 heterocycles. The Morgan fingerprint density at radius 3 is 2.50 bits per heavy atom. The number of hydrogen-bond acceptors (Lipinski definition) is 12. The van der Waals surface area contributed by atoms with Gasteiger partial charge in [-0.05, 0) is 5.57 Å². The van der Waals surface area contributed by atoms with Crippen molar-refractivity contribution < 1.29 is 42.2 Å². The fourth-order valence-electron chi connectivity index (χ4n) is 2.62. The Balaban J connectivity index is 0.000000770. The van der Waals surface area contributed by atoms with Gasteiger partial charge in [-0.3, -0.25) is 19.0 Å². The normalized spacial score (nSPS) is 20.1. The van der Waals surface area contributed by atoms with Crippen LogP contribution in [0.4, 0.5) is 5.13 Å². The number of fused-ring (bicyclic) bond motifs is 1. The number of nitrogens with one attached hydrogen (secondary N) is 1. The molecule has 1 aromatic rings. The van der Waals surface area contributed by atoms with Crippen LogP contribution in [-0.4, -0.2) is 78.4 Å². The van der Waals surface area contributed by atoms with Crippen LogP contribution in [0.25, 0.3) is 0 Å². The first-order valence-electron chi connectivity index (χ1n) is 7.85. The molecule has 0 unspecified atom stereocenters. The van der Waals surface area contributed by atoms with Crippen LogP contribution < -0.4 is 17.2 Å². The molecule has 15 nitrogen and oxygen atoms in total. The van der Waals surface area contributed by atoms with E-state index in [0.717, 1.165) is 16.2 Å². The monoisotopic (exact) mass is 510 g/mol. The molecule has 1 saturated heterocycles. The molecule has 3 rings (SSSR count). The number of nitrogens with zero attached hydrogens (tertiary/aromatic N) is 3. The van der Waals surface area contributed by atoms with Crippen molar-refractivity contribution in [3.63, 3.8) is 0 Å². The quantitative estimate of drug-likeness (QED) is 0.0710. The van der Waals surface area contributed by atoms with Crippen LogP contribution in [0, 0.1) is 0 Å². The topological polar surface area (TPSA) is 272 Å². The second kappa shape index (κ2) is 10.5. The van der Waals surface area contributed by atoms with E-state index in [1.54, 1.807) is 0 Å². The Kier molecular flexibility index (Phi) is 8.88. The number of oxime groups is 1. The first kappa shape index (κ1) is 27.0. The van der Waals surface area contributed by atoms with E-state index in [9.17, 15) is 19.5 Å². The molecule has 0 saturated carbocycles. The molecule has 0 radical (unpaired) electrons. The van der Waals surface area contributed by atoms with Gasteiger partial charge >= 0.3 is 5.97 Å². The summed E-state index contributed by atoms with van der Waals surface area (Å²) in [6.07, 6.45) is 1.40. The minimum absolute atomic E-state index is 0. The minimum atomic E-state index is -4.92. The number of thioether (sulfide) groups is 1. The van der Waals surface area contributed by atoms with Crippen molar-refractivity contribution in [3.05, 3.63) is 35.0 Å². The van der Waals surface area contributed by atoms with Crippen LogP contribution in [0.2, 0.25) is 0 Å². The number of amides is 2. The maximum atomic E-state index is 12.4. The molecule has 176 valence electrons. The van der Waals surface area contributed by atoms with Gasteiger partial charge in [-0.25, -0.2) is 18.2 Å². The number of nitrogens with two attached hydrogens (primary N) is 1. The van der Waals surface area contributed by atoms with Crippen LogP contribution in [-0.2, 0) is 24.8 Å². The third kappa shape index (κ3) is 6.02. The number of quaternary nitrogens is 1. The van der Waals surface area contributed by atoms with E-state index in [1.807, 2.05) is 0 Å². The first-order chi connectivity index (χ1) is 14.4. The lowest BCUT2D eigenvalue weighted by molar-refractivity contribution is -0.150. The van der Waals surface area contributed by atoms with Gasteiger partial charge in [0.25, 0.3) is 11.8 Å². The SMILES string of the molecule is C=CC1=C(C(=O)O)N2C(=O)[C@@H](NC(=O)/C(=N\O)c3csc(N)n3)[C@H]2SC1.O=S(=O)([O-])O.[NH4+]. The lowest BCUT2D eigenvalue weighted by Gasteiger charge is -2.49. The standard InChI is InChI=1S/C14H13N5O5S2.H3N.H2O4S/c1-2-5-3-25-12-8(11(21)19(12)9(5)13(22)23)17-10(20)7(18-24)6-4-26-14(15)16-6;;1-5(2,3)4/h2,4,8,12,24H,1,3H2,(H2,15,16)(H,17,20)(H,22,23);1H3;(H2,1,2,3,4)/b18-7-;;/t8-,12-;;/m1../s1. The molecule has 2 amide bonds. The molecule has 0 bridgehead atoms. The highest BCUT2D eigenvalue weighted by molar-refractivity contribution is 8.00. The molecule has 1 aromatic heterocycles. The smallest absolute Gasteiger partial charge is 0.352 e. The first-order valence-corrected chi connectivity index (χ1v) is 11.1. The molecular weight excluding hydrogens is 492 g/mol. The van der Waals surface area contributed by atoms with Gasteiger partial charge in [-0.2, -0.15) is 0 Å². The number of nitrogen functional groups attached to an aromatic ring is 1. The zero-order valence-electron chi connectivity index (χ0n) is 16.2. The molecule has 1 fully saturated rings. The summed E-state index contributed by atoms with van der Waals surface area (Å²) in [7, 11) is -4.92. The molecule has 18 heteroatoms. The third-order valence-corrected chi connectivity index (χ3v) is 5.79. The summed E-state index contributed by atoms with van der Waals surface area (Å²) in [6.45, 7) is 3.56. The number of anilines is 1. The van der Waals surface area contributed by atoms with Gasteiger partial charge in [0.2, 0.25) is 10.4 Å². The second-order valence-corrected chi connectivity index (χ2v) is 8.54. The van der Waals surface area contributed by atoms with Crippen molar-refractivity contribution >= 4 is 62.1 Å². The van der Waals surface area contributed by atoms with Gasteiger partial charge in [0, 0.05) is 11.1 Å². The van der Waals surface area contributed by atoms with E-state index in [2.05, 4.69) is 22.0 Å². The number of carboxylic acids is 1. The van der Waals surface area contributed by atoms with E-state index in [-0.39, 0.29) is 28.4 Å². The predicted molar refractivity (Wildman–Crippen MR) is 113 cm³/mol. The number of allylic oxidation sites excluding steroid dienone is 1. The van der Waals surface area contributed by atoms with Crippen LogP contribution >= 0.6 is 23.1 Å². The maximum Gasteiger partial charge on any atom is 0.352 e. The van der Waals surface area contributed by atoms with Crippen LogP contribution in [0.3, 0.4) is 0 Å². The van der Waals surface area contributed by atoms with Crippen LogP contribution in [0.15, 0.2) is 34.5 Å². The fraction of sp³-hybridized carbons (Fsp3) is 0.214. The van der Waals surface area contributed by atoms with E-state index in [4.69, 9.17) is 28.5 Å². The largest absolute Gasteiger partial charge is 0.726 e. The van der Waals surface area contributed by atoms with Gasteiger partial charge in [-0.1, -0.05) is 17.8 Å². The molecule has 0 spiro atoms. The van der Waals surface area contributed by atoms with Crippen LogP contribution in [0.1, 0.15) is 5.69 Å². The van der Waals surface area contributed by atoms with Crippen molar-refractivity contribution in [2.45, 2.75) is 11.4 Å². The van der Waals surface area contributed by atoms with Gasteiger partial charge in [0.1, 0.15) is 22.8 Å². The summed E-state index contributed by atoms with van der Waals surface area (Å²) < 4.78 is 32.8. The molecule has 0 aliphatic carbocycles. The van der Waals surface area contributed by atoms with E-state index >= 15 is 0 Å². The van der Waals surface area contributed by atoms with Crippen LogP contribution in [0.5, 0.6) is 0 Å². The van der Waals surface area contributed by atoms with E-state index in [1.165, 1.54) is 23.2 Å². The van der Waals surface area contributed by atoms with Crippen molar-refractivity contribution in [2.75, 3.05) is 11.5 Å². The highest BCUT2D eigenvalue weighted by Gasteiger charge is 2.54. The number of carbonyl (C=O) groups excluding carboxylic acids is 2.